The van der Waals surface area contributed by atoms with Gasteiger partial charge in [-0.2, -0.15) is 0 Å². The highest BCUT2D eigenvalue weighted by molar-refractivity contribution is 9.10. The molecule has 0 aliphatic heterocycles. The van der Waals surface area contributed by atoms with Gasteiger partial charge < -0.3 is 10.5 Å². The van der Waals surface area contributed by atoms with Crippen LogP contribution >= 0.6 is 27.7 Å². The largest absolute Gasteiger partial charge is 0.383 e. The lowest BCUT2D eigenvalue weighted by Crippen LogP contribution is -2.28. The normalized spacial score (nSPS) is 12.5. The zero-order valence-corrected chi connectivity index (χ0v) is 14.6. The van der Waals surface area contributed by atoms with E-state index in [1.807, 2.05) is 6.07 Å². The van der Waals surface area contributed by atoms with Crippen molar-refractivity contribution in [2.24, 2.45) is 5.73 Å². The van der Waals surface area contributed by atoms with Crippen LogP contribution in [0.3, 0.4) is 0 Å². The third-order valence-electron chi connectivity index (χ3n) is 3.08. The van der Waals surface area contributed by atoms with Crippen LogP contribution in [-0.4, -0.2) is 34.4 Å². The first-order valence-electron chi connectivity index (χ1n) is 6.59. The van der Waals surface area contributed by atoms with Crippen LogP contribution in [0.2, 0.25) is 0 Å². The second kappa shape index (κ2) is 7.26. The maximum absolute atomic E-state index is 12.7. The van der Waals surface area contributed by atoms with E-state index in [1.54, 1.807) is 26.2 Å². The van der Waals surface area contributed by atoms with E-state index >= 15 is 0 Å². The summed E-state index contributed by atoms with van der Waals surface area (Å²) in [5.41, 5.74) is 5.72. The molecule has 0 aliphatic rings. The molecule has 2 rings (SSSR count). The topological polar surface area (TPSA) is 87.2 Å². The molecule has 1 unspecified atom stereocenters. The number of halogens is 1. The van der Waals surface area contributed by atoms with E-state index in [1.165, 1.54) is 16.3 Å². The number of amides is 1. The summed E-state index contributed by atoms with van der Waals surface area (Å²) < 4.78 is 7.37. The summed E-state index contributed by atoms with van der Waals surface area (Å²) in [5.74, 6) is -0.451. The molecule has 1 amide bonds. The number of hydrogen-bond donors (Lipinski definition) is 1. The van der Waals surface area contributed by atoms with Gasteiger partial charge in [-0.15, -0.1) is 0 Å². The fourth-order valence-electron chi connectivity index (χ4n) is 1.86. The number of carbonyl (C=O) groups is 1. The number of hydrogen-bond acceptors (Lipinski definition) is 5. The summed E-state index contributed by atoms with van der Waals surface area (Å²) >= 11 is 4.53. The lowest BCUT2D eigenvalue weighted by molar-refractivity contribution is -0.117. The van der Waals surface area contributed by atoms with Gasteiger partial charge in [0.2, 0.25) is 5.91 Å². The van der Waals surface area contributed by atoms with E-state index in [-0.39, 0.29) is 5.56 Å². The van der Waals surface area contributed by atoms with Gasteiger partial charge in [-0.25, -0.2) is 4.98 Å². The van der Waals surface area contributed by atoms with Gasteiger partial charge in [0, 0.05) is 11.6 Å². The van der Waals surface area contributed by atoms with Gasteiger partial charge in [-0.05, 0) is 25.1 Å². The van der Waals surface area contributed by atoms with E-state index in [9.17, 15) is 9.59 Å². The summed E-state index contributed by atoms with van der Waals surface area (Å²) in [5, 5.41) is 0.498. The van der Waals surface area contributed by atoms with Crippen molar-refractivity contribution in [1.29, 1.82) is 0 Å². The monoisotopic (exact) mass is 385 g/mol. The van der Waals surface area contributed by atoms with Gasteiger partial charge in [-0.3, -0.25) is 14.2 Å². The Bertz CT molecular complexity index is 763. The molecule has 0 spiro atoms. The molecule has 1 aromatic carbocycles. The van der Waals surface area contributed by atoms with Crippen molar-refractivity contribution >= 4 is 44.5 Å². The highest BCUT2D eigenvalue weighted by Crippen LogP contribution is 2.23. The minimum Gasteiger partial charge on any atom is -0.383 e. The fourth-order valence-corrected chi connectivity index (χ4v) is 3.10. The van der Waals surface area contributed by atoms with Crippen LogP contribution in [0.1, 0.15) is 6.92 Å². The minimum atomic E-state index is -0.478. The summed E-state index contributed by atoms with van der Waals surface area (Å²) in [7, 11) is 1.56. The van der Waals surface area contributed by atoms with Gasteiger partial charge >= 0.3 is 0 Å². The molecule has 0 fully saturated rings. The molecule has 1 atom stereocenters. The summed E-state index contributed by atoms with van der Waals surface area (Å²) in [4.78, 5) is 28.4. The highest BCUT2D eigenvalue weighted by atomic mass is 79.9. The predicted octanol–water partition coefficient (Wildman–Crippen LogP) is 1.77. The zero-order valence-electron chi connectivity index (χ0n) is 12.2. The Morgan fingerprint density at radius 2 is 2.27 bits per heavy atom. The number of ether oxygens (including phenoxy) is 1. The Morgan fingerprint density at radius 1 is 1.55 bits per heavy atom. The zero-order chi connectivity index (χ0) is 16.3. The van der Waals surface area contributed by atoms with Crippen LogP contribution in [0.15, 0.2) is 32.6 Å². The van der Waals surface area contributed by atoms with Crippen molar-refractivity contribution in [2.45, 2.75) is 23.9 Å². The Labute approximate surface area is 140 Å². The maximum Gasteiger partial charge on any atom is 0.262 e. The predicted molar refractivity (Wildman–Crippen MR) is 90.1 cm³/mol. The molecule has 1 aromatic heterocycles. The Kier molecular flexibility index (Phi) is 5.60. The molecule has 2 N–H and O–H groups in total. The molecule has 0 radical (unpaired) electrons. The van der Waals surface area contributed by atoms with Crippen molar-refractivity contribution in [3.8, 4) is 0 Å². The first kappa shape index (κ1) is 17.0. The summed E-state index contributed by atoms with van der Waals surface area (Å²) in [6.07, 6.45) is 0. The van der Waals surface area contributed by atoms with Crippen LogP contribution in [0, 0.1) is 0 Å². The number of methoxy groups -OCH3 is 1. The number of fused-ring (bicyclic) bond motifs is 1. The molecule has 6 nitrogen and oxygen atoms in total. The third-order valence-corrected chi connectivity index (χ3v) is 4.68. The van der Waals surface area contributed by atoms with Crippen LogP contribution in [0.4, 0.5) is 0 Å². The van der Waals surface area contributed by atoms with Gasteiger partial charge in [0.15, 0.2) is 5.16 Å². The van der Waals surface area contributed by atoms with Crippen molar-refractivity contribution in [3.63, 3.8) is 0 Å². The molecule has 8 heteroatoms. The van der Waals surface area contributed by atoms with Crippen molar-refractivity contribution in [2.75, 3.05) is 13.7 Å². The smallest absolute Gasteiger partial charge is 0.262 e. The minimum absolute atomic E-state index is 0.164. The van der Waals surface area contributed by atoms with E-state index in [4.69, 9.17) is 10.5 Å². The van der Waals surface area contributed by atoms with Crippen LogP contribution in [-0.2, 0) is 16.1 Å². The lowest BCUT2D eigenvalue weighted by Gasteiger charge is -2.14. The van der Waals surface area contributed by atoms with Crippen LogP contribution in [0.25, 0.3) is 10.9 Å². The van der Waals surface area contributed by atoms with Crippen molar-refractivity contribution < 1.29 is 9.53 Å². The third kappa shape index (κ3) is 3.68. The highest BCUT2D eigenvalue weighted by Gasteiger charge is 2.17. The SMILES string of the molecule is COCCn1c(SC(C)C(N)=O)nc2ccc(Br)cc2c1=O. The van der Waals surface area contributed by atoms with Crippen LogP contribution < -0.4 is 11.3 Å². The number of rotatable bonds is 6. The average Bonchev–Trinajstić information content (AvgIpc) is 2.47. The molecule has 1 heterocycles. The molecule has 0 saturated carbocycles. The molecule has 118 valence electrons. The second-order valence-electron chi connectivity index (χ2n) is 4.67. The van der Waals surface area contributed by atoms with E-state index in [0.717, 1.165) is 4.47 Å². The Balaban J connectivity index is 2.59. The number of benzene rings is 1. The molecular weight excluding hydrogens is 370 g/mol. The van der Waals surface area contributed by atoms with E-state index in [2.05, 4.69) is 20.9 Å². The molecule has 2 aromatic rings. The number of nitrogens with zero attached hydrogens (tertiary/aromatic N) is 2. The molecule has 0 saturated heterocycles. The Hall–Kier alpha value is -1.38. The quantitative estimate of drug-likeness (QED) is 0.604. The van der Waals surface area contributed by atoms with Crippen molar-refractivity contribution in [3.05, 3.63) is 33.0 Å². The Morgan fingerprint density at radius 3 is 2.91 bits per heavy atom. The number of carbonyl (C=O) groups excluding carboxylic acids is 1. The molecular formula is C14H16BrN3O3S. The number of thioether (sulfide) groups is 1. The first-order valence-corrected chi connectivity index (χ1v) is 8.26. The molecule has 22 heavy (non-hydrogen) atoms. The molecule has 0 aliphatic carbocycles. The molecule has 0 bridgehead atoms. The fraction of sp³-hybridized carbons (Fsp3) is 0.357. The second-order valence-corrected chi connectivity index (χ2v) is 6.89. The van der Waals surface area contributed by atoms with Crippen LogP contribution in [0.5, 0.6) is 0 Å². The van der Waals surface area contributed by atoms with E-state index in [0.29, 0.717) is 29.2 Å². The van der Waals surface area contributed by atoms with Gasteiger partial charge in [0.05, 0.1) is 29.3 Å². The number of aromatic nitrogens is 2. The lowest BCUT2D eigenvalue weighted by atomic mass is 10.2. The number of nitrogens with two attached hydrogens (primary N) is 1. The maximum atomic E-state index is 12.7. The van der Waals surface area contributed by atoms with Gasteiger partial charge in [-0.1, -0.05) is 27.7 Å². The average molecular weight is 386 g/mol. The summed E-state index contributed by atoms with van der Waals surface area (Å²) in [6.45, 7) is 2.42. The number of primary amides is 1. The first-order chi connectivity index (χ1) is 10.4. The van der Waals surface area contributed by atoms with Gasteiger partial charge in [0.25, 0.3) is 5.56 Å². The van der Waals surface area contributed by atoms with Gasteiger partial charge in [0.1, 0.15) is 0 Å². The summed E-state index contributed by atoms with van der Waals surface area (Å²) in [6, 6.07) is 5.32. The van der Waals surface area contributed by atoms with E-state index < -0.39 is 11.2 Å². The standard InChI is InChI=1S/C14H16BrN3O3S/c1-8(12(16)19)22-14-17-11-4-3-9(15)7-10(11)13(20)18(14)5-6-21-2/h3-4,7-8H,5-6H2,1-2H3,(H2,16,19). The van der Waals surface area contributed by atoms with Crippen molar-refractivity contribution in [1.82, 2.24) is 9.55 Å².